The van der Waals surface area contributed by atoms with Crippen molar-refractivity contribution in [1.82, 2.24) is 0 Å². The van der Waals surface area contributed by atoms with Crippen LogP contribution in [-0.2, 0) is 4.79 Å². The topological polar surface area (TPSA) is 66.8 Å². The number of amides is 1. The number of carbonyl (C=O) groups is 2. The van der Waals surface area contributed by atoms with Crippen molar-refractivity contribution in [2.24, 2.45) is 0 Å². The second-order valence-electron chi connectivity index (χ2n) is 5.78. The molecule has 0 radical (unpaired) electrons. The van der Waals surface area contributed by atoms with Crippen molar-refractivity contribution < 1.29 is 19.4 Å². The van der Waals surface area contributed by atoms with Gasteiger partial charge in [-0.15, -0.1) is 0 Å². The number of aliphatic carboxylic acids is 1. The first-order valence-electron chi connectivity index (χ1n) is 7.27. The number of benzene rings is 2. The molecule has 0 aromatic heterocycles. The summed E-state index contributed by atoms with van der Waals surface area (Å²) in [5.74, 6) is -0.814. The Labute approximate surface area is 145 Å². The van der Waals surface area contributed by atoms with Crippen molar-refractivity contribution in [3.63, 3.8) is 0 Å². The van der Waals surface area contributed by atoms with Crippen LogP contribution in [0.1, 0.15) is 24.2 Å². The fourth-order valence-corrected chi connectivity index (χ4v) is 2.11. The van der Waals surface area contributed by atoms with Gasteiger partial charge in [0.2, 0.25) is 0 Å². The highest BCUT2D eigenvalue weighted by Gasteiger charge is 2.29. The van der Waals surface area contributed by atoms with E-state index in [0.717, 1.165) is 0 Å². The molecule has 0 aliphatic heterocycles. The zero-order chi connectivity index (χ0) is 17.9. The first kappa shape index (κ1) is 17.8. The van der Waals surface area contributed by atoms with Gasteiger partial charge in [0.1, 0.15) is 5.75 Å². The minimum absolute atomic E-state index is 0.175. The van der Waals surface area contributed by atoms with Crippen LogP contribution in [0.25, 0.3) is 0 Å². The number of hydrogen-bond donors (Lipinski definition) is 1. The Hall–Kier alpha value is -2.53. The van der Waals surface area contributed by atoms with Crippen LogP contribution in [0.4, 0.5) is 5.69 Å². The highest BCUT2D eigenvalue weighted by molar-refractivity contribution is 6.30. The molecular formula is C18H18ClNO4. The van der Waals surface area contributed by atoms with Crippen molar-refractivity contribution in [1.29, 1.82) is 0 Å². The highest BCUT2D eigenvalue weighted by atomic mass is 35.5. The SMILES string of the molecule is CN(C(=O)c1ccc(Cl)cc1)c1ccc(OC(C)(C)C(=O)O)cc1. The van der Waals surface area contributed by atoms with Gasteiger partial charge in [-0.1, -0.05) is 11.6 Å². The van der Waals surface area contributed by atoms with E-state index in [9.17, 15) is 9.59 Å². The van der Waals surface area contributed by atoms with Gasteiger partial charge < -0.3 is 14.7 Å². The van der Waals surface area contributed by atoms with Crippen LogP contribution < -0.4 is 9.64 Å². The minimum Gasteiger partial charge on any atom is -0.478 e. The third kappa shape index (κ3) is 4.06. The predicted octanol–water partition coefficient (Wildman–Crippen LogP) is 3.86. The van der Waals surface area contributed by atoms with E-state index in [4.69, 9.17) is 21.4 Å². The maximum atomic E-state index is 12.4. The second kappa shape index (κ2) is 6.93. The van der Waals surface area contributed by atoms with E-state index in [1.165, 1.54) is 18.7 Å². The second-order valence-corrected chi connectivity index (χ2v) is 6.22. The number of ether oxygens (including phenoxy) is 1. The Kier molecular flexibility index (Phi) is 5.14. The lowest BCUT2D eigenvalue weighted by Gasteiger charge is -2.22. The molecule has 0 aliphatic carbocycles. The van der Waals surface area contributed by atoms with Crippen molar-refractivity contribution >= 4 is 29.2 Å². The van der Waals surface area contributed by atoms with Gasteiger partial charge in [0.25, 0.3) is 5.91 Å². The maximum Gasteiger partial charge on any atom is 0.347 e. The Morgan fingerprint density at radius 1 is 1.04 bits per heavy atom. The Bertz CT molecular complexity index is 739. The number of carbonyl (C=O) groups excluding carboxylic acids is 1. The van der Waals surface area contributed by atoms with Gasteiger partial charge in [-0.3, -0.25) is 4.79 Å². The molecule has 24 heavy (non-hydrogen) atoms. The fraction of sp³-hybridized carbons (Fsp3) is 0.222. The Balaban J connectivity index is 2.13. The van der Waals surface area contributed by atoms with Gasteiger partial charge in [0, 0.05) is 23.3 Å². The molecule has 0 atom stereocenters. The molecule has 0 saturated heterocycles. The van der Waals surface area contributed by atoms with Crippen LogP contribution in [0, 0.1) is 0 Å². The molecule has 0 unspecified atom stereocenters. The molecular weight excluding hydrogens is 330 g/mol. The fourth-order valence-electron chi connectivity index (χ4n) is 1.98. The number of halogens is 1. The lowest BCUT2D eigenvalue weighted by atomic mass is 10.1. The predicted molar refractivity (Wildman–Crippen MR) is 93.0 cm³/mol. The lowest BCUT2D eigenvalue weighted by Crippen LogP contribution is -2.37. The van der Waals surface area contributed by atoms with Gasteiger partial charge >= 0.3 is 5.97 Å². The molecule has 0 spiro atoms. The molecule has 0 fully saturated rings. The van der Waals surface area contributed by atoms with E-state index in [-0.39, 0.29) is 5.91 Å². The summed E-state index contributed by atoms with van der Waals surface area (Å²) in [5.41, 5.74) is -0.142. The summed E-state index contributed by atoms with van der Waals surface area (Å²) in [7, 11) is 1.66. The third-order valence-corrected chi connectivity index (χ3v) is 3.76. The van der Waals surface area contributed by atoms with Crippen LogP contribution in [0.3, 0.4) is 0 Å². The molecule has 6 heteroatoms. The molecule has 0 bridgehead atoms. The molecule has 0 aliphatic rings. The maximum absolute atomic E-state index is 12.4. The number of hydrogen-bond acceptors (Lipinski definition) is 3. The summed E-state index contributed by atoms with van der Waals surface area (Å²) in [5, 5.41) is 9.64. The van der Waals surface area contributed by atoms with Crippen LogP contribution in [0.5, 0.6) is 5.75 Å². The zero-order valence-corrected chi connectivity index (χ0v) is 14.4. The number of rotatable bonds is 5. The average Bonchev–Trinajstić information content (AvgIpc) is 2.54. The van der Waals surface area contributed by atoms with Crippen molar-refractivity contribution in [2.75, 3.05) is 11.9 Å². The summed E-state index contributed by atoms with van der Waals surface area (Å²) in [4.78, 5) is 25.0. The molecule has 5 nitrogen and oxygen atoms in total. The zero-order valence-electron chi connectivity index (χ0n) is 13.6. The molecule has 0 saturated carbocycles. The number of carboxylic acid groups (broad SMARTS) is 1. The number of nitrogens with zero attached hydrogens (tertiary/aromatic N) is 1. The standard InChI is InChI=1S/C18H18ClNO4/c1-18(2,17(22)23)24-15-10-8-14(9-11-15)20(3)16(21)12-4-6-13(19)7-5-12/h4-11H,1-3H3,(H,22,23). The molecule has 2 rings (SSSR count). The van der Waals surface area contributed by atoms with E-state index in [1.54, 1.807) is 55.6 Å². The molecule has 2 aromatic rings. The summed E-state index contributed by atoms with van der Waals surface area (Å²) in [6.07, 6.45) is 0. The molecule has 2 aromatic carbocycles. The highest BCUT2D eigenvalue weighted by Crippen LogP contribution is 2.23. The average molecular weight is 348 g/mol. The summed E-state index contributed by atoms with van der Waals surface area (Å²) < 4.78 is 5.44. The summed E-state index contributed by atoms with van der Waals surface area (Å²) >= 11 is 5.82. The van der Waals surface area contributed by atoms with Crippen molar-refractivity contribution in [3.05, 3.63) is 59.1 Å². The third-order valence-electron chi connectivity index (χ3n) is 3.51. The van der Waals surface area contributed by atoms with Crippen molar-refractivity contribution in [3.8, 4) is 5.75 Å². The normalized spacial score (nSPS) is 11.0. The Morgan fingerprint density at radius 2 is 1.58 bits per heavy atom. The van der Waals surface area contributed by atoms with Gasteiger partial charge in [0.15, 0.2) is 5.60 Å². The van der Waals surface area contributed by atoms with E-state index in [2.05, 4.69) is 0 Å². The van der Waals surface area contributed by atoms with Gasteiger partial charge in [-0.2, -0.15) is 0 Å². The molecule has 1 N–H and O–H groups in total. The monoisotopic (exact) mass is 347 g/mol. The number of carboxylic acids is 1. The lowest BCUT2D eigenvalue weighted by molar-refractivity contribution is -0.152. The summed E-state index contributed by atoms with van der Waals surface area (Å²) in [6.45, 7) is 2.94. The van der Waals surface area contributed by atoms with Gasteiger partial charge in [-0.25, -0.2) is 4.79 Å². The van der Waals surface area contributed by atoms with Crippen LogP contribution in [0.15, 0.2) is 48.5 Å². The van der Waals surface area contributed by atoms with Gasteiger partial charge in [-0.05, 0) is 62.4 Å². The first-order chi connectivity index (χ1) is 11.2. The minimum atomic E-state index is -1.33. The van der Waals surface area contributed by atoms with E-state index in [1.807, 2.05) is 0 Å². The summed E-state index contributed by atoms with van der Waals surface area (Å²) in [6, 6.07) is 13.3. The van der Waals surface area contributed by atoms with Crippen LogP contribution in [-0.4, -0.2) is 29.6 Å². The number of anilines is 1. The molecule has 0 heterocycles. The first-order valence-corrected chi connectivity index (χ1v) is 7.64. The smallest absolute Gasteiger partial charge is 0.347 e. The van der Waals surface area contributed by atoms with E-state index in [0.29, 0.717) is 22.0 Å². The van der Waals surface area contributed by atoms with Crippen LogP contribution >= 0.6 is 11.6 Å². The largest absolute Gasteiger partial charge is 0.478 e. The quantitative estimate of drug-likeness (QED) is 0.891. The molecule has 126 valence electrons. The van der Waals surface area contributed by atoms with Gasteiger partial charge in [0.05, 0.1) is 0 Å². The van der Waals surface area contributed by atoms with E-state index >= 15 is 0 Å². The van der Waals surface area contributed by atoms with Crippen LogP contribution in [0.2, 0.25) is 5.02 Å². The van der Waals surface area contributed by atoms with Crippen molar-refractivity contribution in [2.45, 2.75) is 19.4 Å². The molecule has 1 amide bonds. The Morgan fingerprint density at radius 3 is 2.08 bits per heavy atom. The van der Waals surface area contributed by atoms with E-state index < -0.39 is 11.6 Å².